The van der Waals surface area contributed by atoms with E-state index in [9.17, 15) is 9.59 Å². The first-order valence-corrected chi connectivity index (χ1v) is 10.2. The van der Waals surface area contributed by atoms with Crippen LogP contribution in [-0.4, -0.2) is 100 Å². The summed E-state index contributed by atoms with van der Waals surface area (Å²) in [5, 5.41) is 12.5. The smallest absolute Gasteiger partial charge is 0.251 e. The number of nitrogens with zero attached hydrogens (tertiary/aromatic N) is 2. The van der Waals surface area contributed by atoms with Crippen molar-refractivity contribution in [3.8, 4) is 0 Å². The third kappa shape index (κ3) is 6.56. The molecule has 8 nitrogen and oxygen atoms in total. The van der Waals surface area contributed by atoms with Gasteiger partial charge in [0.05, 0.1) is 0 Å². The van der Waals surface area contributed by atoms with E-state index in [0.29, 0.717) is 24.2 Å². The van der Waals surface area contributed by atoms with Crippen molar-refractivity contribution in [3.63, 3.8) is 0 Å². The Bertz CT molecular complexity index is 569. The minimum absolute atomic E-state index is 0.0965. The predicted molar refractivity (Wildman–Crippen MR) is 110 cm³/mol. The zero-order valence-corrected chi connectivity index (χ0v) is 16.5. The molecule has 0 aliphatic carbocycles. The molecular weight excluding hydrogens is 356 g/mol. The summed E-state index contributed by atoms with van der Waals surface area (Å²) in [5.74, 6) is -0.193. The van der Waals surface area contributed by atoms with Crippen molar-refractivity contribution in [3.05, 3.63) is 35.4 Å². The van der Waals surface area contributed by atoms with E-state index in [1.165, 1.54) is 0 Å². The number of benzene rings is 1. The van der Waals surface area contributed by atoms with Gasteiger partial charge in [0.15, 0.2) is 0 Å². The van der Waals surface area contributed by atoms with Gasteiger partial charge in [-0.15, -0.1) is 0 Å². The van der Waals surface area contributed by atoms with Crippen LogP contribution in [0.1, 0.15) is 20.7 Å². The Labute approximate surface area is 167 Å². The largest absolute Gasteiger partial charge is 0.351 e. The lowest BCUT2D eigenvalue weighted by molar-refractivity contribution is 0.0935. The second-order valence-electron chi connectivity index (χ2n) is 7.27. The fraction of sp³-hybridized carbons (Fsp3) is 0.600. The van der Waals surface area contributed by atoms with E-state index in [0.717, 1.165) is 65.4 Å². The van der Waals surface area contributed by atoms with Gasteiger partial charge < -0.3 is 21.3 Å². The number of hydrogen-bond acceptors (Lipinski definition) is 6. The average molecular weight is 389 g/mol. The van der Waals surface area contributed by atoms with Crippen molar-refractivity contribution >= 4 is 11.8 Å². The first kappa shape index (κ1) is 20.7. The molecule has 0 spiro atoms. The Kier molecular flexibility index (Phi) is 8.23. The number of hydrogen-bond donors (Lipinski definition) is 4. The van der Waals surface area contributed by atoms with Gasteiger partial charge in [0.1, 0.15) is 0 Å². The summed E-state index contributed by atoms with van der Waals surface area (Å²) in [5.41, 5.74) is 1.16. The van der Waals surface area contributed by atoms with E-state index in [1.54, 1.807) is 24.3 Å². The first-order valence-electron chi connectivity index (χ1n) is 10.2. The fourth-order valence-electron chi connectivity index (χ4n) is 3.50. The minimum atomic E-state index is -0.0965. The van der Waals surface area contributed by atoms with Crippen molar-refractivity contribution in [2.45, 2.75) is 0 Å². The summed E-state index contributed by atoms with van der Waals surface area (Å²) < 4.78 is 0. The highest BCUT2D eigenvalue weighted by atomic mass is 16.2. The normalized spacial score (nSPS) is 18.6. The van der Waals surface area contributed by atoms with Gasteiger partial charge in [0, 0.05) is 89.7 Å². The van der Waals surface area contributed by atoms with Crippen LogP contribution in [0.3, 0.4) is 0 Å². The Morgan fingerprint density at radius 3 is 1.43 bits per heavy atom. The SMILES string of the molecule is O=C(NCCN1CCNCC1)c1ccc(C(=O)NCCN2CCNCC2)cc1. The molecular formula is C20H32N6O2. The third-order valence-electron chi connectivity index (χ3n) is 5.26. The standard InChI is InChI=1S/C20H32N6O2/c27-19(23-9-15-25-11-5-21-6-12-25)17-1-2-18(4-3-17)20(28)24-10-16-26-13-7-22-8-14-26/h1-4,21-22H,5-16H2,(H,23,27)(H,24,28). The molecule has 2 saturated heterocycles. The molecule has 0 radical (unpaired) electrons. The quantitative estimate of drug-likeness (QED) is 0.455. The van der Waals surface area contributed by atoms with Crippen LogP contribution in [0.25, 0.3) is 0 Å². The van der Waals surface area contributed by atoms with E-state index in [-0.39, 0.29) is 11.8 Å². The molecule has 1 aromatic rings. The summed E-state index contributed by atoms with van der Waals surface area (Å²) in [6, 6.07) is 6.85. The molecule has 28 heavy (non-hydrogen) atoms. The molecule has 3 rings (SSSR count). The zero-order chi connectivity index (χ0) is 19.6. The van der Waals surface area contributed by atoms with Gasteiger partial charge in [-0.05, 0) is 24.3 Å². The number of rotatable bonds is 8. The van der Waals surface area contributed by atoms with Crippen molar-refractivity contribution in [1.82, 2.24) is 31.1 Å². The highest BCUT2D eigenvalue weighted by Gasteiger charge is 2.12. The molecule has 2 aliphatic rings. The second-order valence-corrected chi connectivity index (χ2v) is 7.27. The maximum Gasteiger partial charge on any atom is 0.251 e. The summed E-state index contributed by atoms with van der Waals surface area (Å²) in [4.78, 5) is 29.2. The molecule has 0 bridgehead atoms. The first-order chi connectivity index (χ1) is 13.7. The number of amides is 2. The van der Waals surface area contributed by atoms with Crippen LogP contribution < -0.4 is 21.3 Å². The molecule has 154 valence electrons. The third-order valence-corrected chi connectivity index (χ3v) is 5.26. The van der Waals surface area contributed by atoms with Crippen LogP contribution in [0.4, 0.5) is 0 Å². The molecule has 2 heterocycles. The van der Waals surface area contributed by atoms with Gasteiger partial charge in [0.25, 0.3) is 11.8 Å². The van der Waals surface area contributed by atoms with E-state index in [4.69, 9.17) is 0 Å². The number of nitrogens with one attached hydrogen (secondary N) is 4. The van der Waals surface area contributed by atoms with Gasteiger partial charge in [-0.1, -0.05) is 0 Å². The van der Waals surface area contributed by atoms with Crippen LogP contribution in [-0.2, 0) is 0 Å². The lowest BCUT2D eigenvalue weighted by Gasteiger charge is -2.27. The Morgan fingerprint density at radius 2 is 1.07 bits per heavy atom. The molecule has 0 saturated carbocycles. The van der Waals surface area contributed by atoms with E-state index in [2.05, 4.69) is 31.1 Å². The molecule has 2 aliphatic heterocycles. The topological polar surface area (TPSA) is 88.7 Å². The maximum absolute atomic E-state index is 12.3. The highest BCUT2D eigenvalue weighted by molar-refractivity contribution is 5.97. The summed E-state index contributed by atoms with van der Waals surface area (Å²) in [7, 11) is 0. The lowest BCUT2D eigenvalue weighted by atomic mass is 10.1. The second kappa shape index (κ2) is 11.1. The average Bonchev–Trinajstić information content (AvgIpc) is 2.75. The lowest BCUT2D eigenvalue weighted by Crippen LogP contribution is -2.46. The zero-order valence-electron chi connectivity index (χ0n) is 16.5. The van der Waals surface area contributed by atoms with Gasteiger partial charge in [-0.25, -0.2) is 0 Å². The van der Waals surface area contributed by atoms with Crippen LogP contribution in [0.5, 0.6) is 0 Å². The molecule has 1 aromatic carbocycles. The van der Waals surface area contributed by atoms with Crippen molar-refractivity contribution < 1.29 is 9.59 Å². The highest BCUT2D eigenvalue weighted by Crippen LogP contribution is 2.05. The molecule has 0 unspecified atom stereocenters. The maximum atomic E-state index is 12.3. The van der Waals surface area contributed by atoms with Crippen LogP contribution in [0.15, 0.2) is 24.3 Å². The molecule has 0 aromatic heterocycles. The van der Waals surface area contributed by atoms with E-state index in [1.807, 2.05) is 0 Å². The molecule has 0 atom stereocenters. The fourth-order valence-corrected chi connectivity index (χ4v) is 3.50. The predicted octanol–water partition coefficient (Wildman–Crippen LogP) is -1.04. The number of piperazine rings is 2. The van der Waals surface area contributed by atoms with Crippen molar-refractivity contribution in [1.29, 1.82) is 0 Å². The number of carbonyl (C=O) groups excluding carboxylic acids is 2. The molecule has 2 fully saturated rings. The van der Waals surface area contributed by atoms with Crippen LogP contribution in [0.2, 0.25) is 0 Å². The van der Waals surface area contributed by atoms with Gasteiger partial charge in [-0.2, -0.15) is 0 Å². The Morgan fingerprint density at radius 1 is 0.714 bits per heavy atom. The van der Waals surface area contributed by atoms with Crippen molar-refractivity contribution in [2.24, 2.45) is 0 Å². The van der Waals surface area contributed by atoms with Crippen molar-refractivity contribution in [2.75, 3.05) is 78.5 Å². The van der Waals surface area contributed by atoms with Gasteiger partial charge in [0.2, 0.25) is 0 Å². The van der Waals surface area contributed by atoms with Crippen LogP contribution in [0, 0.1) is 0 Å². The van der Waals surface area contributed by atoms with Gasteiger partial charge in [-0.3, -0.25) is 19.4 Å². The number of carbonyl (C=O) groups is 2. The minimum Gasteiger partial charge on any atom is -0.351 e. The Balaban J connectivity index is 1.36. The molecule has 2 amide bonds. The monoisotopic (exact) mass is 388 g/mol. The molecule has 4 N–H and O–H groups in total. The summed E-state index contributed by atoms with van der Waals surface area (Å²) in [6.07, 6.45) is 0. The van der Waals surface area contributed by atoms with Crippen LogP contribution >= 0.6 is 0 Å². The van der Waals surface area contributed by atoms with E-state index >= 15 is 0 Å². The summed E-state index contributed by atoms with van der Waals surface area (Å²) in [6.45, 7) is 11.1. The Hall–Kier alpha value is -2.00. The van der Waals surface area contributed by atoms with Gasteiger partial charge >= 0.3 is 0 Å². The summed E-state index contributed by atoms with van der Waals surface area (Å²) >= 11 is 0. The van der Waals surface area contributed by atoms with E-state index < -0.39 is 0 Å². The molecule has 8 heteroatoms.